The number of carbonyl (C=O) groups excluding carboxylic acids is 6. The second kappa shape index (κ2) is 21.6. The Kier molecular flexibility index (Phi) is 16.2. The predicted octanol–water partition coefficient (Wildman–Crippen LogP) is 2.09. The number of aryl methyl sites for hydroxylation is 2. The zero-order chi connectivity index (χ0) is 49.3. The van der Waals surface area contributed by atoms with Crippen molar-refractivity contribution in [2.75, 3.05) is 38.6 Å². The molecule has 0 radical (unpaired) electrons. The van der Waals surface area contributed by atoms with Gasteiger partial charge in [-0.3, -0.25) is 24.0 Å². The van der Waals surface area contributed by atoms with Crippen molar-refractivity contribution in [2.45, 2.75) is 84.0 Å². The molecule has 4 bridgehead atoms. The van der Waals surface area contributed by atoms with Crippen LogP contribution < -0.4 is 48.5 Å². The van der Waals surface area contributed by atoms with Gasteiger partial charge < -0.3 is 58.5 Å². The summed E-state index contributed by atoms with van der Waals surface area (Å²) in [6.07, 6.45) is -0.200. The molecule has 2 heterocycles. The minimum Gasteiger partial charge on any atom is -0.505 e. The first kappa shape index (κ1) is 50.4. The molecule has 3 aromatic carbocycles. The van der Waals surface area contributed by atoms with E-state index in [1.165, 1.54) is 26.1 Å². The van der Waals surface area contributed by atoms with E-state index in [0.29, 0.717) is 22.8 Å². The zero-order valence-corrected chi connectivity index (χ0v) is 38.6. The topological polar surface area (TPSA) is 323 Å². The zero-order valence-electron chi connectivity index (χ0n) is 38.6. The molecule has 1 unspecified atom stereocenters. The molecule has 0 saturated carbocycles. The van der Waals surface area contributed by atoms with Gasteiger partial charge in [0, 0.05) is 36.7 Å². The van der Waals surface area contributed by atoms with Crippen LogP contribution in [0.15, 0.2) is 54.6 Å². The molecule has 12 N–H and O–H groups in total. The average Bonchev–Trinajstić information content (AvgIpc) is 3.27. The van der Waals surface area contributed by atoms with Crippen molar-refractivity contribution in [2.24, 2.45) is 17.2 Å². The number of aromatic hydroxyl groups is 1. The summed E-state index contributed by atoms with van der Waals surface area (Å²) in [5, 5.41) is 33.7. The number of rotatable bonds is 13. The van der Waals surface area contributed by atoms with Crippen molar-refractivity contribution in [1.82, 2.24) is 36.1 Å². The maximum atomic E-state index is 14.7. The second-order valence-corrected chi connectivity index (χ2v) is 17.2. The quantitative estimate of drug-likeness (QED) is 0.0686. The summed E-state index contributed by atoms with van der Waals surface area (Å²) in [4.78, 5) is 93.2. The van der Waals surface area contributed by atoms with Crippen molar-refractivity contribution < 1.29 is 38.6 Å². The van der Waals surface area contributed by atoms with Gasteiger partial charge in [-0.15, -0.1) is 0 Å². The van der Waals surface area contributed by atoms with Gasteiger partial charge in [0.15, 0.2) is 5.82 Å². The Bertz CT molecular complexity index is 2570. The van der Waals surface area contributed by atoms with Gasteiger partial charge in [0.05, 0.1) is 28.7 Å². The fraction of sp³-hybridized carbons (Fsp3) is 0.383. The fourth-order valence-corrected chi connectivity index (χ4v) is 7.68. The molecule has 1 aliphatic rings. The highest BCUT2D eigenvalue weighted by Crippen LogP contribution is 2.43. The Hall–Kier alpha value is -7.63. The largest absolute Gasteiger partial charge is 0.505 e. The first-order valence-corrected chi connectivity index (χ1v) is 21.6. The summed E-state index contributed by atoms with van der Waals surface area (Å²) < 4.78 is 5.96. The van der Waals surface area contributed by atoms with Crippen molar-refractivity contribution in [1.29, 1.82) is 5.26 Å². The summed E-state index contributed by atoms with van der Waals surface area (Å²) in [6.45, 7) is 10.7. The van der Waals surface area contributed by atoms with E-state index in [4.69, 9.17) is 27.2 Å². The Morgan fingerprint density at radius 1 is 0.970 bits per heavy atom. The number of amides is 7. The standard InChI is InChI=1S/C47H58N12O8/c1-24-37(25(2)54-40(53-24)28-9-11-30(12-10-28)47(4,5)6)43(63)56-33(14-15-48)45(65)59(7)38-29-22-32(39(60)34(23-29)58-46(51)66)31-20-27(8-13-36(31)67-19-17-50)21-35(42(62)52-18-16-49)57-41(61)26(3)55-44(38)64/h8-13,20,22-23,26,33,35,38,60H,14-15,17-19,21,48,50H2,1-7H3,(H,52,62)(H,55,64)(H,56,63)(H,57,61)(H3,51,58,66)/t26-,33?,35-,38-/m0/s1. The molecule has 0 saturated heterocycles. The molecule has 4 atom stereocenters. The summed E-state index contributed by atoms with van der Waals surface area (Å²) >= 11 is 0. The molecule has 7 amide bonds. The van der Waals surface area contributed by atoms with E-state index in [-0.39, 0.29) is 78.2 Å². The molecule has 20 nitrogen and oxygen atoms in total. The van der Waals surface area contributed by atoms with Crippen LogP contribution in [0.4, 0.5) is 10.5 Å². The molecule has 5 rings (SSSR count). The maximum absolute atomic E-state index is 14.7. The summed E-state index contributed by atoms with van der Waals surface area (Å²) in [5.41, 5.74) is 20.4. The molecule has 0 spiro atoms. The minimum absolute atomic E-state index is 0.000232. The van der Waals surface area contributed by atoms with Crippen LogP contribution in [0.2, 0.25) is 0 Å². The number of primary amides is 1. The number of nitrogens with two attached hydrogens (primary N) is 3. The number of urea groups is 1. The lowest BCUT2D eigenvalue weighted by Crippen LogP contribution is -2.56. The number of carbonyl (C=O) groups is 6. The minimum atomic E-state index is -1.64. The number of anilines is 1. The third-order valence-electron chi connectivity index (χ3n) is 11.1. The Morgan fingerprint density at radius 3 is 2.24 bits per heavy atom. The van der Waals surface area contributed by atoms with Gasteiger partial charge in [-0.1, -0.05) is 51.1 Å². The van der Waals surface area contributed by atoms with E-state index >= 15 is 0 Å². The van der Waals surface area contributed by atoms with Crippen LogP contribution in [0.25, 0.3) is 22.5 Å². The molecular formula is C47H58N12O8. The first-order chi connectivity index (χ1) is 31.7. The average molecular weight is 919 g/mol. The van der Waals surface area contributed by atoms with Crippen molar-refractivity contribution in [3.8, 4) is 40.1 Å². The van der Waals surface area contributed by atoms with E-state index in [1.807, 2.05) is 30.3 Å². The van der Waals surface area contributed by atoms with Crippen LogP contribution in [0, 0.1) is 25.2 Å². The number of nitriles is 1. The normalized spacial score (nSPS) is 16.5. The lowest BCUT2D eigenvalue weighted by molar-refractivity contribution is -0.141. The Balaban J connectivity index is 1.61. The number of phenols is 1. The number of ether oxygens (including phenoxy) is 1. The highest BCUT2D eigenvalue weighted by Gasteiger charge is 2.37. The third kappa shape index (κ3) is 12.0. The van der Waals surface area contributed by atoms with Gasteiger partial charge >= 0.3 is 6.03 Å². The number of aromatic nitrogens is 2. The van der Waals surface area contributed by atoms with Gasteiger partial charge in [0.25, 0.3) is 5.91 Å². The Morgan fingerprint density at radius 2 is 1.64 bits per heavy atom. The van der Waals surface area contributed by atoms with Crippen LogP contribution >= 0.6 is 0 Å². The molecular weight excluding hydrogens is 861 g/mol. The molecule has 0 aliphatic carbocycles. The van der Waals surface area contributed by atoms with Gasteiger partial charge in [0.2, 0.25) is 23.6 Å². The van der Waals surface area contributed by atoms with Crippen LogP contribution in [0.1, 0.15) is 78.6 Å². The van der Waals surface area contributed by atoms with Crippen LogP contribution in [0.5, 0.6) is 11.5 Å². The lowest BCUT2D eigenvalue weighted by atomic mass is 9.86. The molecule has 354 valence electrons. The van der Waals surface area contributed by atoms with Gasteiger partial charge in [0.1, 0.15) is 48.8 Å². The number of hydrogen-bond donors (Lipinski definition) is 9. The SMILES string of the molecule is Cc1nc(-c2ccc(C(C)(C)C)cc2)nc(C)c1C(=O)NC(CCN)C(=O)N(C)[C@@H]1C(=O)N[C@@H](C)C(=O)N[C@H](C(=O)NCC#N)Cc2ccc(OCCN)c(c2)-c2cc1cc(NC(N)=O)c2O. The second-order valence-electron chi connectivity index (χ2n) is 17.2. The number of phenolic OH excluding ortho intramolecular Hbond substituents is 1. The fourth-order valence-electron chi connectivity index (χ4n) is 7.68. The van der Waals surface area contributed by atoms with Gasteiger partial charge in [-0.25, -0.2) is 14.8 Å². The van der Waals surface area contributed by atoms with Gasteiger partial charge in [-0.05, 0) is 80.1 Å². The van der Waals surface area contributed by atoms with Crippen molar-refractivity contribution in [3.05, 3.63) is 88.2 Å². The van der Waals surface area contributed by atoms with Crippen molar-refractivity contribution >= 4 is 41.3 Å². The number of benzene rings is 3. The first-order valence-electron chi connectivity index (χ1n) is 21.6. The van der Waals surface area contributed by atoms with E-state index in [1.54, 1.807) is 32.0 Å². The van der Waals surface area contributed by atoms with Crippen molar-refractivity contribution in [3.63, 3.8) is 0 Å². The number of nitrogens with one attached hydrogen (secondary N) is 5. The molecule has 0 fully saturated rings. The number of hydrogen-bond acceptors (Lipinski definition) is 13. The number of nitrogens with zero attached hydrogens (tertiary/aromatic N) is 4. The van der Waals surface area contributed by atoms with Gasteiger partial charge in [-0.2, -0.15) is 5.26 Å². The predicted molar refractivity (Wildman–Crippen MR) is 249 cm³/mol. The van der Waals surface area contributed by atoms with E-state index in [0.717, 1.165) is 16.0 Å². The monoisotopic (exact) mass is 918 g/mol. The molecule has 20 heteroatoms. The van der Waals surface area contributed by atoms with E-state index in [9.17, 15) is 33.9 Å². The third-order valence-corrected chi connectivity index (χ3v) is 11.1. The van der Waals surface area contributed by atoms with E-state index in [2.05, 4.69) is 57.3 Å². The van der Waals surface area contributed by atoms with Crippen LogP contribution in [0.3, 0.4) is 0 Å². The molecule has 67 heavy (non-hydrogen) atoms. The van der Waals surface area contributed by atoms with E-state index < -0.39 is 65.5 Å². The summed E-state index contributed by atoms with van der Waals surface area (Å²) in [5.74, 6) is -3.76. The summed E-state index contributed by atoms with van der Waals surface area (Å²) in [7, 11) is 1.30. The summed E-state index contributed by atoms with van der Waals surface area (Å²) in [6, 6.07) is 10.4. The Labute approximate surface area is 388 Å². The molecule has 1 aromatic heterocycles. The highest BCUT2D eigenvalue weighted by atomic mass is 16.5. The molecule has 4 aromatic rings. The number of likely N-dealkylation sites (N-methyl/N-ethyl adjacent to an activating group) is 1. The molecule has 1 aliphatic heterocycles. The van der Waals surface area contributed by atoms with Crippen LogP contribution in [-0.4, -0.2) is 107 Å². The smallest absolute Gasteiger partial charge is 0.316 e. The number of fused-ring (bicyclic) bond motifs is 5. The van der Waals surface area contributed by atoms with Crippen LogP contribution in [-0.2, 0) is 31.0 Å². The highest BCUT2D eigenvalue weighted by molar-refractivity contribution is 6.01. The maximum Gasteiger partial charge on any atom is 0.316 e. The lowest BCUT2D eigenvalue weighted by Gasteiger charge is -2.33.